The summed E-state index contributed by atoms with van der Waals surface area (Å²) in [6.45, 7) is 2.15. The van der Waals surface area contributed by atoms with E-state index in [2.05, 4.69) is 26.0 Å². The number of nitrogens with one attached hydrogen (secondary N) is 3. The molecule has 0 radical (unpaired) electrons. The summed E-state index contributed by atoms with van der Waals surface area (Å²) in [5.41, 5.74) is 0.719. The fraction of sp³-hybridized carbons (Fsp3) is 0.391. The summed E-state index contributed by atoms with van der Waals surface area (Å²) in [6, 6.07) is 5.30. The van der Waals surface area contributed by atoms with Crippen LogP contribution < -0.4 is 10.6 Å². The molecule has 2 amide bonds. The smallest absolute Gasteiger partial charge is 0.272 e. The summed E-state index contributed by atoms with van der Waals surface area (Å²) < 4.78 is 42.6. The third-order valence-electron chi connectivity index (χ3n) is 6.69. The maximum atomic E-state index is 13.8. The van der Waals surface area contributed by atoms with Crippen LogP contribution >= 0.6 is 0 Å². The second kappa shape index (κ2) is 8.22. The first-order valence-corrected chi connectivity index (χ1v) is 11.1. The van der Waals surface area contributed by atoms with Crippen LogP contribution in [0.4, 0.5) is 18.9 Å². The molecule has 184 valence electrons. The van der Waals surface area contributed by atoms with Gasteiger partial charge >= 0.3 is 0 Å². The maximum Gasteiger partial charge on any atom is 0.272 e. The molecule has 1 saturated carbocycles. The molecule has 3 aromatic rings. The van der Waals surface area contributed by atoms with Crippen molar-refractivity contribution in [2.24, 2.45) is 0 Å². The van der Waals surface area contributed by atoms with Crippen LogP contribution in [0.25, 0.3) is 0 Å². The lowest BCUT2D eigenvalue weighted by Gasteiger charge is -2.46. The minimum Gasteiger partial charge on any atom is -0.378 e. The molecular formula is C23H23F3N6O3. The zero-order chi connectivity index (χ0) is 25.0. The fourth-order valence-electron chi connectivity index (χ4n) is 5.16. The number of amides is 2. The highest BCUT2D eigenvalue weighted by Crippen LogP contribution is 2.51. The molecular weight excluding hydrogens is 465 g/mol. The summed E-state index contributed by atoms with van der Waals surface area (Å²) in [5.74, 6) is -4.74. The highest BCUT2D eigenvalue weighted by atomic mass is 19.3. The Morgan fingerprint density at radius 2 is 1.94 bits per heavy atom. The van der Waals surface area contributed by atoms with E-state index in [-0.39, 0.29) is 17.0 Å². The van der Waals surface area contributed by atoms with Gasteiger partial charge in [0.15, 0.2) is 6.10 Å². The Morgan fingerprint density at radius 1 is 1.23 bits per heavy atom. The first kappa shape index (κ1) is 23.1. The van der Waals surface area contributed by atoms with E-state index in [1.807, 2.05) is 0 Å². The van der Waals surface area contributed by atoms with Gasteiger partial charge in [-0.15, -0.1) is 0 Å². The van der Waals surface area contributed by atoms with Crippen molar-refractivity contribution in [2.45, 2.75) is 56.7 Å². The third-order valence-corrected chi connectivity index (χ3v) is 6.69. The molecule has 1 fully saturated rings. The van der Waals surface area contributed by atoms with E-state index in [1.54, 1.807) is 11.5 Å². The Balaban J connectivity index is 1.42. The number of aliphatic hydroxyl groups excluding tert-OH is 1. The van der Waals surface area contributed by atoms with Gasteiger partial charge in [0.25, 0.3) is 17.7 Å². The van der Waals surface area contributed by atoms with Crippen molar-refractivity contribution in [2.75, 3.05) is 5.32 Å². The van der Waals surface area contributed by atoms with Gasteiger partial charge in [-0.1, -0.05) is 0 Å². The van der Waals surface area contributed by atoms with Gasteiger partial charge in [0, 0.05) is 36.3 Å². The Labute approximate surface area is 197 Å². The van der Waals surface area contributed by atoms with E-state index in [1.165, 1.54) is 30.5 Å². The van der Waals surface area contributed by atoms with Gasteiger partial charge in [-0.3, -0.25) is 9.59 Å². The number of hydrogen-bond acceptors (Lipinski definition) is 5. The number of aromatic amines is 1. The standard InChI is InChI=1S/C23H23F3N6O3/c1-12-17(19(33)21(35)29-22(10-23(25,26)11-22)16-9-27-31-30-16)15-3-2-8-32(15)18(12)20(34)28-14-6-4-13(24)5-7-14/h4-7,9,19,33H,2-3,8,10-11H2,1H3,(H,28,34)(H,29,35)(H,27,30,31). The Hall–Kier alpha value is -3.67. The number of alkyl halides is 2. The second-order valence-electron chi connectivity index (χ2n) is 9.09. The van der Waals surface area contributed by atoms with E-state index in [4.69, 9.17) is 0 Å². The quantitative estimate of drug-likeness (QED) is 0.425. The van der Waals surface area contributed by atoms with Crippen molar-refractivity contribution < 1.29 is 27.9 Å². The minimum absolute atomic E-state index is 0.155. The molecule has 12 heteroatoms. The number of hydrogen-bond donors (Lipinski definition) is 4. The second-order valence-corrected chi connectivity index (χ2v) is 9.09. The van der Waals surface area contributed by atoms with Gasteiger partial charge in [0.2, 0.25) is 0 Å². The van der Waals surface area contributed by atoms with Crippen LogP contribution in [0.5, 0.6) is 0 Å². The van der Waals surface area contributed by atoms with Crippen LogP contribution in [0.3, 0.4) is 0 Å². The molecule has 1 atom stereocenters. The SMILES string of the molecule is Cc1c(C(O)C(=O)NC2(c3cn[nH]n3)CC(F)(F)C2)c2n(c1C(=O)Nc1ccc(F)cc1)CCC2. The Bertz CT molecular complexity index is 1280. The molecule has 1 unspecified atom stereocenters. The Kier molecular flexibility index (Phi) is 5.42. The van der Waals surface area contributed by atoms with E-state index in [0.717, 1.165) is 0 Å². The molecule has 1 aliphatic carbocycles. The number of aromatic nitrogens is 4. The van der Waals surface area contributed by atoms with Crippen molar-refractivity contribution in [1.29, 1.82) is 0 Å². The summed E-state index contributed by atoms with van der Waals surface area (Å²) in [7, 11) is 0. The Morgan fingerprint density at radius 3 is 2.57 bits per heavy atom. The predicted molar refractivity (Wildman–Crippen MR) is 117 cm³/mol. The highest BCUT2D eigenvalue weighted by molar-refractivity contribution is 6.05. The number of benzene rings is 1. The number of aliphatic hydroxyl groups is 1. The lowest BCUT2D eigenvalue weighted by Crippen LogP contribution is -2.60. The van der Waals surface area contributed by atoms with Gasteiger partial charge < -0.3 is 20.3 Å². The summed E-state index contributed by atoms with van der Waals surface area (Å²) in [5, 5.41) is 26.2. The minimum atomic E-state index is -2.98. The third kappa shape index (κ3) is 3.97. The van der Waals surface area contributed by atoms with Crippen LogP contribution in [0.15, 0.2) is 30.5 Å². The molecule has 5 rings (SSSR count). The lowest BCUT2D eigenvalue weighted by molar-refractivity contribution is -0.155. The van der Waals surface area contributed by atoms with E-state index in [9.17, 15) is 27.9 Å². The molecule has 1 aliphatic heterocycles. The molecule has 9 nitrogen and oxygen atoms in total. The molecule has 2 aromatic heterocycles. The lowest BCUT2D eigenvalue weighted by atomic mass is 9.71. The average Bonchev–Trinajstić information content (AvgIpc) is 3.51. The number of halogens is 3. The summed E-state index contributed by atoms with van der Waals surface area (Å²) >= 11 is 0. The van der Waals surface area contributed by atoms with Crippen LogP contribution in [-0.2, 0) is 23.3 Å². The molecule has 35 heavy (non-hydrogen) atoms. The van der Waals surface area contributed by atoms with Crippen molar-refractivity contribution in [1.82, 2.24) is 25.3 Å². The summed E-state index contributed by atoms with van der Waals surface area (Å²) in [4.78, 5) is 26.2. The topological polar surface area (TPSA) is 125 Å². The number of H-pyrrole nitrogens is 1. The van der Waals surface area contributed by atoms with Crippen molar-refractivity contribution >= 4 is 17.5 Å². The van der Waals surface area contributed by atoms with Crippen LogP contribution in [0, 0.1) is 12.7 Å². The van der Waals surface area contributed by atoms with Crippen molar-refractivity contribution in [3.05, 3.63) is 64.5 Å². The van der Waals surface area contributed by atoms with E-state index in [0.29, 0.717) is 36.3 Å². The predicted octanol–water partition coefficient (Wildman–Crippen LogP) is 2.73. The van der Waals surface area contributed by atoms with Gasteiger partial charge in [0.1, 0.15) is 17.2 Å². The zero-order valence-electron chi connectivity index (χ0n) is 18.7. The van der Waals surface area contributed by atoms with E-state index >= 15 is 0 Å². The number of fused-ring (bicyclic) bond motifs is 1. The first-order chi connectivity index (χ1) is 16.6. The molecule has 2 aliphatic rings. The average molecular weight is 488 g/mol. The van der Waals surface area contributed by atoms with Crippen LogP contribution in [0.2, 0.25) is 0 Å². The zero-order valence-corrected chi connectivity index (χ0v) is 18.7. The maximum absolute atomic E-state index is 13.8. The van der Waals surface area contributed by atoms with Crippen LogP contribution in [-0.4, -0.2) is 42.8 Å². The van der Waals surface area contributed by atoms with Gasteiger partial charge in [-0.25, -0.2) is 13.2 Å². The number of anilines is 1. The molecule has 0 spiro atoms. The number of carbonyl (C=O) groups excluding carboxylic acids is 2. The normalized spacial score (nSPS) is 18.4. The molecule has 0 bridgehead atoms. The van der Waals surface area contributed by atoms with Crippen LogP contribution in [0.1, 0.15) is 58.4 Å². The highest BCUT2D eigenvalue weighted by Gasteiger charge is 2.60. The first-order valence-electron chi connectivity index (χ1n) is 11.1. The number of rotatable bonds is 6. The van der Waals surface area contributed by atoms with Crippen molar-refractivity contribution in [3.63, 3.8) is 0 Å². The van der Waals surface area contributed by atoms with Gasteiger partial charge in [-0.05, 0) is 49.6 Å². The largest absolute Gasteiger partial charge is 0.378 e. The fourth-order valence-corrected chi connectivity index (χ4v) is 5.16. The molecule has 3 heterocycles. The monoisotopic (exact) mass is 488 g/mol. The molecule has 0 saturated heterocycles. The number of carbonyl (C=O) groups is 2. The molecule has 1 aromatic carbocycles. The van der Waals surface area contributed by atoms with E-state index < -0.39 is 48.0 Å². The molecule has 4 N–H and O–H groups in total. The summed E-state index contributed by atoms with van der Waals surface area (Å²) in [6.07, 6.45) is -0.493. The van der Waals surface area contributed by atoms with Crippen molar-refractivity contribution in [3.8, 4) is 0 Å². The van der Waals surface area contributed by atoms with Gasteiger partial charge in [0.05, 0.1) is 11.7 Å². The number of nitrogens with zero attached hydrogens (tertiary/aromatic N) is 3. The van der Waals surface area contributed by atoms with Gasteiger partial charge in [-0.2, -0.15) is 15.4 Å².